The first kappa shape index (κ1) is 14.8. The number of halogens is 1. The molecule has 0 aliphatic carbocycles. The predicted molar refractivity (Wildman–Crippen MR) is 57.1 cm³/mol. The van der Waals surface area contributed by atoms with E-state index in [1.807, 2.05) is 0 Å². The van der Waals surface area contributed by atoms with E-state index in [2.05, 4.69) is 13.8 Å². The molecule has 0 saturated carbocycles. The van der Waals surface area contributed by atoms with Gasteiger partial charge in [0.25, 0.3) is 0 Å². The summed E-state index contributed by atoms with van der Waals surface area (Å²) in [5, 5.41) is 0. The summed E-state index contributed by atoms with van der Waals surface area (Å²) in [6.07, 6.45) is 7.68. The predicted octanol–water partition coefficient (Wildman–Crippen LogP) is 3.81. The Morgan fingerprint density at radius 1 is 0.750 bits per heavy atom. The lowest BCUT2D eigenvalue weighted by molar-refractivity contribution is 0.126. The Labute approximate surface area is 83.3 Å². The molecule has 0 aromatic heterocycles. The average Bonchev–Trinajstić information content (AvgIpc) is 2.03. The highest BCUT2D eigenvalue weighted by Gasteiger charge is 1.88. The smallest absolute Gasteiger partial charge is 0.0466 e. The van der Waals surface area contributed by atoms with Crippen molar-refractivity contribution in [2.45, 2.75) is 52.4 Å². The van der Waals surface area contributed by atoms with Crippen molar-refractivity contribution >= 4 is 12.4 Å². The van der Waals surface area contributed by atoms with Gasteiger partial charge in [-0.25, -0.2) is 0 Å². The van der Waals surface area contributed by atoms with Crippen molar-refractivity contribution in [1.82, 2.24) is 0 Å². The summed E-state index contributed by atoms with van der Waals surface area (Å²) in [5.41, 5.74) is 0. The molecule has 0 aliphatic heterocycles. The number of rotatable bonds is 8. The number of hydrogen-bond acceptors (Lipinski definition) is 1. The molecule has 0 saturated heterocycles. The third-order valence-electron chi connectivity index (χ3n) is 1.78. The Balaban J connectivity index is 0. The summed E-state index contributed by atoms with van der Waals surface area (Å²) < 4.78 is 5.44. The number of unbranched alkanes of at least 4 members (excludes halogenated alkanes) is 4. The number of hydrogen-bond donors (Lipinski definition) is 0. The van der Waals surface area contributed by atoms with Crippen molar-refractivity contribution in [1.29, 1.82) is 0 Å². The SMILES string of the molecule is CCCCCOCCCCC.Cl. The van der Waals surface area contributed by atoms with E-state index in [1.165, 1.54) is 38.5 Å². The minimum atomic E-state index is 0. The highest BCUT2D eigenvalue weighted by atomic mass is 35.5. The minimum Gasteiger partial charge on any atom is -0.381 e. The van der Waals surface area contributed by atoms with Crippen molar-refractivity contribution in [2.75, 3.05) is 13.2 Å². The van der Waals surface area contributed by atoms with Crippen LogP contribution in [0.2, 0.25) is 0 Å². The maximum atomic E-state index is 5.44. The van der Waals surface area contributed by atoms with Crippen molar-refractivity contribution in [3.8, 4) is 0 Å². The van der Waals surface area contributed by atoms with Gasteiger partial charge in [0.05, 0.1) is 0 Å². The molecule has 0 heterocycles. The van der Waals surface area contributed by atoms with E-state index < -0.39 is 0 Å². The van der Waals surface area contributed by atoms with Crippen LogP contribution in [0.5, 0.6) is 0 Å². The second-order valence-corrected chi connectivity index (χ2v) is 3.03. The maximum Gasteiger partial charge on any atom is 0.0466 e. The van der Waals surface area contributed by atoms with Gasteiger partial charge in [-0.3, -0.25) is 0 Å². The highest BCUT2D eigenvalue weighted by molar-refractivity contribution is 5.85. The Bertz CT molecular complexity index is 58.9. The zero-order valence-electron chi connectivity index (χ0n) is 8.47. The van der Waals surface area contributed by atoms with Gasteiger partial charge < -0.3 is 4.74 Å². The topological polar surface area (TPSA) is 9.23 Å². The van der Waals surface area contributed by atoms with Crippen molar-refractivity contribution < 1.29 is 4.74 Å². The van der Waals surface area contributed by atoms with Crippen LogP contribution in [0.15, 0.2) is 0 Å². The van der Waals surface area contributed by atoms with E-state index in [0.29, 0.717) is 0 Å². The van der Waals surface area contributed by atoms with Crippen LogP contribution in [0, 0.1) is 0 Å². The van der Waals surface area contributed by atoms with E-state index in [9.17, 15) is 0 Å². The molecule has 0 unspecified atom stereocenters. The van der Waals surface area contributed by atoms with Crippen LogP contribution in [0.4, 0.5) is 0 Å². The van der Waals surface area contributed by atoms with Crippen LogP contribution in [0.1, 0.15) is 52.4 Å². The summed E-state index contributed by atoms with van der Waals surface area (Å²) in [7, 11) is 0. The fourth-order valence-electron chi connectivity index (χ4n) is 1.01. The van der Waals surface area contributed by atoms with Gasteiger partial charge in [0.1, 0.15) is 0 Å². The first-order valence-electron chi connectivity index (χ1n) is 4.99. The van der Waals surface area contributed by atoms with Crippen LogP contribution in [-0.2, 0) is 4.74 Å². The molecular weight excluding hydrogens is 172 g/mol. The van der Waals surface area contributed by atoms with E-state index in [0.717, 1.165) is 13.2 Å². The van der Waals surface area contributed by atoms with Gasteiger partial charge >= 0.3 is 0 Å². The number of ether oxygens (including phenoxy) is 1. The second-order valence-electron chi connectivity index (χ2n) is 3.03. The van der Waals surface area contributed by atoms with Crippen molar-refractivity contribution in [3.05, 3.63) is 0 Å². The minimum absolute atomic E-state index is 0. The monoisotopic (exact) mass is 194 g/mol. The molecule has 0 aromatic rings. The Morgan fingerprint density at radius 3 is 1.50 bits per heavy atom. The Morgan fingerprint density at radius 2 is 1.17 bits per heavy atom. The standard InChI is InChI=1S/C10H22O.ClH/c1-3-5-7-9-11-10-8-6-4-2;/h3-10H2,1-2H3;1H. The first-order chi connectivity index (χ1) is 5.41. The molecular formula is C10H23ClO. The Kier molecular flexibility index (Phi) is 17.0. The molecule has 0 N–H and O–H groups in total. The molecule has 0 rings (SSSR count). The molecule has 1 nitrogen and oxygen atoms in total. The van der Waals surface area contributed by atoms with E-state index in [-0.39, 0.29) is 12.4 Å². The molecule has 0 amide bonds. The lowest BCUT2D eigenvalue weighted by Gasteiger charge is -2.01. The highest BCUT2D eigenvalue weighted by Crippen LogP contribution is 1.97. The van der Waals surface area contributed by atoms with Crippen LogP contribution in [-0.4, -0.2) is 13.2 Å². The molecule has 0 atom stereocenters. The molecule has 76 valence electrons. The van der Waals surface area contributed by atoms with Crippen molar-refractivity contribution in [2.24, 2.45) is 0 Å². The van der Waals surface area contributed by atoms with Crippen LogP contribution in [0.3, 0.4) is 0 Å². The lowest BCUT2D eigenvalue weighted by atomic mass is 10.2. The normalized spacial score (nSPS) is 9.50. The van der Waals surface area contributed by atoms with Gasteiger partial charge in [0.2, 0.25) is 0 Å². The molecule has 0 radical (unpaired) electrons. The van der Waals surface area contributed by atoms with Gasteiger partial charge in [0, 0.05) is 13.2 Å². The molecule has 0 spiro atoms. The third kappa shape index (κ3) is 12.9. The Hall–Kier alpha value is 0.250. The van der Waals surface area contributed by atoms with Gasteiger partial charge in [-0.05, 0) is 12.8 Å². The largest absolute Gasteiger partial charge is 0.381 e. The van der Waals surface area contributed by atoms with Crippen LogP contribution in [0.25, 0.3) is 0 Å². The van der Waals surface area contributed by atoms with Crippen molar-refractivity contribution in [3.63, 3.8) is 0 Å². The zero-order valence-corrected chi connectivity index (χ0v) is 9.29. The molecule has 0 aromatic carbocycles. The summed E-state index contributed by atoms with van der Waals surface area (Å²) in [5.74, 6) is 0. The quantitative estimate of drug-likeness (QED) is 0.534. The summed E-state index contributed by atoms with van der Waals surface area (Å²) in [4.78, 5) is 0. The van der Waals surface area contributed by atoms with Crippen LogP contribution >= 0.6 is 12.4 Å². The van der Waals surface area contributed by atoms with Crippen LogP contribution < -0.4 is 0 Å². The zero-order chi connectivity index (χ0) is 8.36. The third-order valence-corrected chi connectivity index (χ3v) is 1.78. The summed E-state index contributed by atoms with van der Waals surface area (Å²) in [6, 6.07) is 0. The van der Waals surface area contributed by atoms with Gasteiger partial charge in [-0.1, -0.05) is 39.5 Å². The summed E-state index contributed by atoms with van der Waals surface area (Å²) in [6.45, 7) is 6.38. The fraction of sp³-hybridized carbons (Fsp3) is 1.00. The second kappa shape index (κ2) is 13.8. The maximum absolute atomic E-state index is 5.44. The van der Waals surface area contributed by atoms with E-state index >= 15 is 0 Å². The average molecular weight is 195 g/mol. The first-order valence-corrected chi connectivity index (χ1v) is 4.99. The summed E-state index contributed by atoms with van der Waals surface area (Å²) >= 11 is 0. The van der Waals surface area contributed by atoms with E-state index in [4.69, 9.17) is 4.74 Å². The molecule has 0 fully saturated rings. The molecule has 12 heavy (non-hydrogen) atoms. The molecule has 0 aliphatic rings. The van der Waals surface area contributed by atoms with Gasteiger partial charge in [-0.2, -0.15) is 0 Å². The fourth-order valence-corrected chi connectivity index (χ4v) is 1.01. The van der Waals surface area contributed by atoms with E-state index in [1.54, 1.807) is 0 Å². The van der Waals surface area contributed by atoms with Gasteiger partial charge in [-0.15, -0.1) is 12.4 Å². The molecule has 0 bridgehead atoms. The molecule has 2 heteroatoms. The lowest BCUT2D eigenvalue weighted by Crippen LogP contribution is -1.96. The van der Waals surface area contributed by atoms with Gasteiger partial charge in [0.15, 0.2) is 0 Å².